The Bertz CT molecular complexity index is 499. The van der Waals surface area contributed by atoms with Gasteiger partial charge in [-0.25, -0.2) is 0 Å². The minimum Gasteiger partial charge on any atom is -0.310 e. The number of nitrogens with one attached hydrogen (secondary N) is 1. The molecule has 0 saturated carbocycles. The first-order valence-electron chi connectivity index (χ1n) is 6.61. The van der Waals surface area contributed by atoms with E-state index in [1.165, 1.54) is 22.3 Å². The summed E-state index contributed by atoms with van der Waals surface area (Å²) in [6, 6.07) is 17.9. The first kappa shape index (κ1) is 12.8. The van der Waals surface area contributed by atoms with E-state index in [1.54, 1.807) is 0 Å². The third-order valence-electron chi connectivity index (χ3n) is 3.28. The second kappa shape index (κ2) is 5.83. The van der Waals surface area contributed by atoms with Gasteiger partial charge < -0.3 is 5.32 Å². The molecule has 0 fully saturated rings. The molecule has 18 heavy (non-hydrogen) atoms. The van der Waals surface area contributed by atoms with Gasteiger partial charge in [-0.05, 0) is 43.1 Å². The van der Waals surface area contributed by atoms with Crippen molar-refractivity contribution in [2.24, 2.45) is 0 Å². The smallest absolute Gasteiger partial charge is 0.0291 e. The molecule has 0 aromatic heterocycles. The van der Waals surface area contributed by atoms with Crippen LogP contribution in [0.3, 0.4) is 0 Å². The number of aryl methyl sites for hydroxylation is 1. The van der Waals surface area contributed by atoms with Crippen LogP contribution < -0.4 is 5.32 Å². The van der Waals surface area contributed by atoms with Crippen LogP contribution in [0.1, 0.15) is 31.0 Å². The lowest BCUT2D eigenvalue weighted by atomic mass is 9.99. The second-order valence-electron chi connectivity index (χ2n) is 4.77. The van der Waals surface area contributed by atoms with E-state index in [2.05, 4.69) is 74.6 Å². The maximum atomic E-state index is 3.45. The zero-order chi connectivity index (χ0) is 13.0. The van der Waals surface area contributed by atoms with Gasteiger partial charge in [0, 0.05) is 6.04 Å². The normalized spacial score (nSPS) is 12.4. The SMILES string of the molecule is CCNC(C)c1cccc(-c2ccc(C)cc2)c1. The maximum absolute atomic E-state index is 3.45. The van der Waals surface area contributed by atoms with Crippen molar-refractivity contribution in [3.8, 4) is 11.1 Å². The van der Waals surface area contributed by atoms with Gasteiger partial charge in [-0.3, -0.25) is 0 Å². The van der Waals surface area contributed by atoms with Crippen molar-refractivity contribution < 1.29 is 0 Å². The summed E-state index contributed by atoms with van der Waals surface area (Å²) in [4.78, 5) is 0. The molecule has 0 spiro atoms. The molecule has 0 radical (unpaired) electrons. The lowest BCUT2D eigenvalue weighted by molar-refractivity contribution is 0.598. The quantitative estimate of drug-likeness (QED) is 0.837. The van der Waals surface area contributed by atoms with Crippen LogP contribution in [0.15, 0.2) is 48.5 Å². The number of hydrogen-bond acceptors (Lipinski definition) is 1. The highest BCUT2D eigenvalue weighted by Gasteiger charge is 2.05. The molecule has 0 saturated heterocycles. The molecular formula is C17H21N. The van der Waals surface area contributed by atoms with Crippen molar-refractivity contribution in [2.45, 2.75) is 26.8 Å². The molecule has 1 nitrogen and oxygen atoms in total. The van der Waals surface area contributed by atoms with Crippen molar-refractivity contribution in [2.75, 3.05) is 6.54 Å². The molecule has 2 aromatic carbocycles. The van der Waals surface area contributed by atoms with Crippen LogP contribution >= 0.6 is 0 Å². The zero-order valence-corrected chi connectivity index (χ0v) is 11.4. The largest absolute Gasteiger partial charge is 0.310 e. The summed E-state index contributed by atoms with van der Waals surface area (Å²) in [7, 11) is 0. The van der Waals surface area contributed by atoms with Crippen LogP contribution in [0.2, 0.25) is 0 Å². The van der Waals surface area contributed by atoms with Crippen molar-refractivity contribution in [3.05, 3.63) is 59.7 Å². The van der Waals surface area contributed by atoms with E-state index < -0.39 is 0 Å². The molecule has 2 rings (SSSR count). The average molecular weight is 239 g/mol. The molecular weight excluding hydrogens is 218 g/mol. The van der Waals surface area contributed by atoms with Gasteiger partial charge >= 0.3 is 0 Å². The van der Waals surface area contributed by atoms with Crippen molar-refractivity contribution in [1.82, 2.24) is 5.32 Å². The fourth-order valence-electron chi connectivity index (χ4n) is 2.16. The van der Waals surface area contributed by atoms with Gasteiger partial charge in [-0.15, -0.1) is 0 Å². The third-order valence-corrected chi connectivity index (χ3v) is 3.28. The number of benzene rings is 2. The van der Waals surface area contributed by atoms with Gasteiger partial charge in [0.05, 0.1) is 0 Å². The van der Waals surface area contributed by atoms with Crippen molar-refractivity contribution >= 4 is 0 Å². The minimum absolute atomic E-state index is 0.403. The third kappa shape index (κ3) is 2.99. The second-order valence-corrected chi connectivity index (χ2v) is 4.77. The fraction of sp³-hybridized carbons (Fsp3) is 0.294. The Balaban J connectivity index is 2.29. The highest BCUT2D eigenvalue weighted by atomic mass is 14.9. The first-order valence-corrected chi connectivity index (χ1v) is 6.61. The molecule has 94 valence electrons. The Morgan fingerprint density at radius 1 is 1.00 bits per heavy atom. The molecule has 0 aliphatic rings. The molecule has 0 heterocycles. The van der Waals surface area contributed by atoms with Crippen LogP contribution in [0.5, 0.6) is 0 Å². The summed E-state index contributed by atoms with van der Waals surface area (Å²) in [6.07, 6.45) is 0. The summed E-state index contributed by atoms with van der Waals surface area (Å²) in [5.74, 6) is 0. The van der Waals surface area contributed by atoms with Crippen LogP contribution in [0, 0.1) is 6.92 Å². The van der Waals surface area contributed by atoms with Crippen molar-refractivity contribution in [1.29, 1.82) is 0 Å². The Hall–Kier alpha value is -1.60. The molecule has 0 bridgehead atoms. The van der Waals surface area contributed by atoms with E-state index in [0.717, 1.165) is 6.54 Å². The summed E-state index contributed by atoms with van der Waals surface area (Å²) in [5, 5.41) is 3.45. The molecule has 2 aromatic rings. The van der Waals surface area contributed by atoms with Gasteiger partial charge in [0.2, 0.25) is 0 Å². The Morgan fingerprint density at radius 3 is 2.39 bits per heavy atom. The molecule has 1 atom stereocenters. The summed E-state index contributed by atoms with van der Waals surface area (Å²) < 4.78 is 0. The van der Waals surface area contributed by atoms with Crippen LogP contribution in [-0.4, -0.2) is 6.54 Å². The fourth-order valence-corrected chi connectivity index (χ4v) is 2.16. The zero-order valence-electron chi connectivity index (χ0n) is 11.4. The Morgan fingerprint density at radius 2 is 1.72 bits per heavy atom. The van der Waals surface area contributed by atoms with Gasteiger partial charge in [0.15, 0.2) is 0 Å². The van der Waals surface area contributed by atoms with Crippen LogP contribution in [-0.2, 0) is 0 Å². The highest BCUT2D eigenvalue weighted by molar-refractivity contribution is 5.64. The summed E-state index contributed by atoms with van der Waals surface area (Å²) in [6.45, 7) is 7.46. The topological polar surface area (TPSA) is 12.0 Å². The van der Waals surface area contributed by atoms with E-state index in [9.17, 15) is 0 Å². The van der Waals surface area contributed by atoms with Gasteiger partial charge in [-0.1, -0.05) is 55.0 Å². The lowest BCUT2D eigenvalue weighted by Gasteiger charge is -2.14. The summed E-state index contributed by atoms with van der Waals surface area (Å²) >= 11 is 0. The summed E-state index contributed by atoms with van der Waals surface area (Å²) in [5.41, 5.74) is 5.22. The first-order chi connectivity index (χ1) is 8.70. The molecule has 0 aliphatic carbocycles. The standard InChI is InChI=1S/C17H21N/c1-4-18-14(3)16-6-5-7-17(12-16)15-10-8-13(2)9-11-15/h5-12,14,18H,4H2,1-3H3. The molecule has 1 unspecified atom stereocenters. The van der Waals surface area contributed by atoms with Gasteiger partial charge in [0.25, 0.3) is 0 Å². The Labute approximate surface area is 110 Å². The monoisotopic (exact) mass is 239 g/mol. The van der Waals surface area contributed by atoms with Crippen LogP contribution in [0.25, 0.3) is 11.1 Å². The number of hydrogen-bond donors (Lipinski definition) is 1. The minimum atomic E-state index is 0.403. The van der Waals surface area contributed by atoms with Crippen molar-refractivity contribution in [3.63, 3.8) is 0 Å². The molecule has 0 amide bonds. The predicted molar refractivity (Wildman–Crippen MR) is 78.7 cm³/mol. The van der Waals surface area contributed by atoms with E-state index in [4.69, 9.17) is 0 Å². The van der Waals surface area contributed by atoms with Crippen LogP contribution in [0.4, 0.5) is 0 Å². The van der Waals surface area contributed by atoms with E-state index in [-0.39, 0.29) is 0 Å². The average Bonchev–Trinajstić information content (AvgIpc) is 2.40. The van der Waals surface area contributed by atoms with E-state index in [1.807, 2.05) is 0 Å². The van der Waals surface area contributed by atoms with Gasteiger partial charge in [-0.2, -0.15) is 0 Å². The maximum Gasteiger partial charge on any atom is 0.0291 e. The molecule has 1 N–H and O–H groups in total. The predicted octanol–water partition coefficient (Wildman–Crippen LogP) is 4.33. The van der Waals surface area contributed by atoms with Gasteiger partial charge in [0.1, 0.15) is 0 Å². The molecule has 0 aliphatic heterocycles. The highest BCUT2D eigenvalue weighted by Crippen LogP contribution is 2.23. The van der Waals surface area contributed by atoms with E-state index in [0.29, 0.717) is 6.04 Å². The number of rotatable bonds is 4. The Kier molecular flexibility index (Phi) is 4.16. The van der Waals surface area contributed by atoms with E-state index >= 15 is 0 Å². The molecule has 1 heteroatoms. The lowest BCUT2D eigenvalue weighted by Crippen LogP contribution is -2.17.